The van der Waals surface area contributed by atoms with Gasteiger partial charge in [-0.15, -0.1) is 0 Å². The molecule has 1 saturated heterocycles. The third kappa shape index (κ3) is 4.12. The molecule has 0 spiro atoms. The van der Waals surface area contributed by atoms with E-state index in [1.807, 2.05) is 12.1 Å². The molecule has 1 aliphatic heterocycles. The van der Waals surface area contributed by atoms with Gasteiger partial charge in [0, 0.05) is 25.5 Å². The van der Waals surface area contributed by atoms with Crippen molar-refractivity contribution in [1.29, 1.82) is 0 Å². The van der Waals surface area contributed by atoms with E-state index in [1.165, 1.54) is 0 Å². The summed E-state index contributed by atoms with van der Waals surface area (Å²) >= 11 is 0. The van der Waals surface area contributed by atoms with Crippen molar-refractivity contribution in [2.24, 2.45) is 5.92 Å². The van der Waals surface area contributed by atoms with Gasteiger partial charge in [-0.3, -0.25) is 9.78 Å². The van der Waals surface area contributed by atoms with Crippen molar-refractivity contribution in [1.82, 2.24) is 9.97 Å². The number of rotatable bonds is 3. The molecule has 1 fully saturated rings. The molecule has 0 aliphatic carbocycles. The van der Waals surface area contributed by atoms with Crippen LogP contribution in [0.4, 0.5) is 11.5 Å². The Balaban J connectivity index is 1.72. The van der Waals surface area contributed by atoms with Crippen molar-refractivity contribution in [3.05, 3.63) is 42.4 Å². The summed E-state index contributed by atoms with van der Waals surface area (Å²) in [6.45, 7) is 7.78. The first-order chi connectivity index (χ1) is 12.3. The van der Waals surface area contributed by atoms with E-state index >= 15 is 0 Å². The van der Waals surface area contributed by atoms with Gasteiger partial charge in [-0.25, -0.2) is 4.98 Å². The van der Waals surface area contributed by atoms with E-state index in [-0.39, 0.29) is 23.0 Å². The summed E-state index contributed by atoms with van der Waals surface area (Å²) in [4.78, 5) is 23.3. The van der Waals surface area contributed by atoms with Crippen molar-refractivity contribution in [2.45, 2.75) is 39.0 Å². The fourth-order valence-electron chi connectivity index (χ4n) is 3.19. The largest absolute Gasteiger partial charge is 0.506 e. The molecule has 2 aromatic rings. The van der Waals surface area contributed by atoms with Gasteiger partial charge >= 0.3 is 0 Å². The van der Waals surface area contributed by atoms with Crippen LogP contribution in [0, 0.1) is 5.92 Å². The predicted octanol–water partition coefficient (Wildman–Crippen LogP) is 3.33. The molecular formula is C20H26N4O2. The summed E-state index contributed by atoms with van der Waals surface area (Å²) in [7, 11) is 0. The Kier molecular flexibility index (Phi) is 5.11. The van der Waals surface area contributed by atoms with Crippen LogP contribution in [0.5, 0.6) is 5.75 Å². The minimum Gasteiger partial charge on any atom is -0.506 e. The number of piperidine rings is 1. The lowest BCUT2D eigenvalue weighted by Crippen LogP contribution is -2.41. The van der Waals surface area contributed by atoms with Crippen LogP contribution in [-0.4, -0.2) is 34.1 Å². The van der Waals surface area contributed by atoms with Crippen LogP contribution < -0.4 is 10.2 Å². The van der Waals surface area contributed by atoms with E-state index in [9.17, 15) is 9.90 Å². The van der Waals surface area contributed by atoms with Crippen LogP contribution in [0.3, 0.4) is 0 Å². The van der Waals surface area contributed by atoms with Gasteiger partial charge in [-0.2, -0.15) is 0 Å². The van der Waals surface area contributed by atoms with Crippen LogP contribution in [0.2, 0.25) is 0 Å². The average Bonchev–Trinajstić information content (AvgIpc) is 2.63. The van der Waals surface area contributed by atoms with Crippen molar-refractivity contribution < 1.29 is 9.90 Å². The molecule has 6 nitrogen and oxygen atoms in total. The van der Waals surface area contributed by atoms with Gasteiger partial charge < -0.3 is 15.3 Å². The number of aromatic hydroxyl groups is 1. The Bertz CT molecular complexity index is 771. The highest BCUT2D eigenvalue weighted by molar-refractivity contribution is 5.94. The second-order valence-corrected chi connectivity index (χ2v) is 7.82. The fourth-order valence-corrected chi connectivity index (χ4v) is 3.19. The van der Waals surface area contributed by atoms with E-state index in [2.05, 4.69) is 41.0 Å². The van der Waals surface area contributed by atoms with Gasteiger partial charge in [0.25, 0.3) is 0 Å². The summed E-state index contributed by atoms with van der Waals surface area (Å²) in [5.74, 6) is 0.666. The molecule has 1 amide bonds. The van der Waals surface area contributed by atoms with Crippen molar-refractivity contribution in [3.8, 4) is 5.75 Å². The highest BCUT2D eigenvalue weighted by atomic mass is 16.3. The summed E-state index contributed by atoms with van der Waals surface area (Å²) in [5.41, 5.74) is 1.48. The number of benzene rings is 1. The first-order valence-corrected chi connectivity index (χ1v) is 9.00. The number of aromatic nitrogens is 2. The number of amides is 1. The zero-order valence-electron chi connectivity index (χ0n) is 15.6. The molecule has 0 saturated carbocycles. The Labute approximate surface area is 154 Å². The van der Waals surface area contributed by atoms with Gasteiger partial charge in [0.2, 0.25) is 5.91 Å². The standard InChI is InChI=1S/C20H26N4O2/c1-20(2,3)15-6-7-17(25)16(11-15)23-19(26)14-5-4-10-24(13-14)18-12-21-8-9-22-18/h6-9,11-12,14,25H,4-5,10,13H2,1-3H3,(H,23,26). The van der Waals surface area contributed by atoms with Gasteiger partial charge in [0.15, 0.2) is 0 Å². The molecule has 1 aliphatic rings. The van der Waals surface area contributed by atoms with E-state index in [0.29, 0.717) is 12.2 Å². The van der Waals surface area contributed by atoms with Crippen molar-refractivity contribution >= 4 is 17.4 Å². The van der Waals surface area contributed by atoms with E-state index in [1.54, 1.807) is 24.7 Å². The van der Waals surface area contributed by atoms with Gasteiger partial charge in [0.05, 0.1) is 17.8 Å². The normalized spacial score (nSPS) is 17.8. The molecule has 1 aromatic heterocycles. The van der Waals surface area contributed by atoms with Gasteiger partial charge in [-0.05, 0) is 36.0 Å². The maximum Gasteiger partial charge on any atom is 0.229 e. The molecule has 138 valence electrons. The molecule has 6 heteroatoms. The topological polar surface area (TPSA) is 78.4 Å². The summed E-state index contributed by atoms with van der Waals surface area (Å²) in [6.07, 6.45) is 6.77. The van der Waals surface area contributed by atoms with Gasteiger partial charge in [0.1, 0.15) is 11.6 Å². The number of carbonyl (C=O) groups is 1. The number of carbonyl (C=O) groups excluding carboxylic acids is 1. The number of phenolic OH excluding ortho intramolecular Hbond substituents is 1. The van der Waals surface area contributed by atoms with Crippen LogP contribution in [0.1, 0.15) is 39.2 Å². The Hall–Kier alpha value is -2.63. The lowest BCUT2D eigenvalue weighted by molar-refractivity contribution is -0.120. The lowest BCUT2D eigenvalue weighted by atomic mass is 9.86. The molecule has 26 heavy (non-hydrogen) atoms. The number of nitrogens with zero attached hydrogens (tertiary/aromatic N) is 3. The fraction of sp³-hybridized carbons (Fsp3) is 0.450. The van der Waals surface area contributed by atoms with Crippen molar-refractivity contribution in [2.75, 3.05) is 23.3 Å². The monoisotopic (exact) mass is 354 g/mol. The second-order valence-electron chi connectivity index (χ2n) is 7.82. The van der Waals surface area contributed by atoms with Gasteiger partial charge in [-0.1, -0.05) is 26.8 Å². The molecule has 2 N–H and O–H groups in total. The van der Waals surface area contributed by atoms with Crippen molar-refractivity contribution in [3.63, 3.8) is 0 Å². The summed E-state index contributed by atoms with van der Waals surface area (Å²) in [5, 5.41) is 13.0. The van der Waals surface area contributed by atoms with Crippen LogP contribution in [0.25, 0.3) is 0 Å². The summed E-state index contributed by atoms with van der Waals surface area (Å²) in [6, 6.07) is 5.39. The van der Waals surface area contributed by atoms with Crippen LogP contribution in [-0.2, 0) is 10.2 Å². The number of anilines is 2. The maximum atomic E-state index is 12.8. The number of nitrogens with one attached hydrogen (secondary N) is 1. The summed E-state index contributed by atoms with van der Waals surface area (Å²) < 4.78 is 0. The molecule has 3 rings (SSSR count). The first kappa shape index (κ1) is 18.2. The highest BCUT2D eigenvalue weighted by Gasteiger charge is 2.27. The molecule has 2 heterocycles. The highest BCUT2D eigenvalue weighted by Crippen LogP contribution is 2.31. The molecule has 0 radical (unpaired) electrons. The molecule has 0 bridgehead atoms. The average molecular weight is 354 g/mol. The SMILES string of the molecule is CC(C)(C)c1ccc(O)c(NC(=O)C2CCCN(c3cnccn3)C2)c1. The number of phenols is 1. The Morgan fingerprint density at radius 1 is 1.31 bits per heavy atom. The second kappa shape index (κ2) is 7.32. The lowest BCUT2D eigenvalue weighted by Gasteiger charge is -2.32. The minimum absolute atomic E-state index is 0.0548. The first-order valence-electron chi connectivity index (χ1n) is 9.00. The van der Waals surface area contributed by atoms with Crippen LogP contribution >= 0.6 is 0 Å². The van der Waals surface area contributed by atoms with E-state index in [0.717, 1.165) is 30.8 Å². The van der Waals surface area contributed by atoms with Crippen LogP contribution in [0.15, 0.2) is 36.8 Å². The molecule has 1 aromatic carbocycles. The Morgan fingerprint density at radius 3 is 2.81 bits per heavy atom. The maximum absolute atomic E-state index is 12.8. The third-order valence-corrected chi connectivity index (χ3v) is 4.79. The molecular weight excluding hydrogens is 328 g/mol. The van der Waals surface area contributed by atoms with E-state index in [4.69, 9.17) is 0 Å². The molecule has 1 unspecified atom stereocenters. The Morgan fingerprint density at radius 2 is 2.12 bits per heavy atom. The zero-order valence-corrected chi connectivity index (χ0v) is 15.6. The number of hydrogen-bond acceptors (Lipinski definition) is 5. The smallest absolute Gasteiger partial charge is 0.229 e. The quantitative estimate of drug-likeness (QED) is 0.827. The molecule has 1 atom stereocenters. The third-order valence-electron chi connectivity index (χ3n) is 4.79. The predicted molar refractivity (Wildman–Crippen MR) is 102 cm³/mol. The van der Waals surface area contributed by atoms with E-state index < -0.39 is 0 Å². The number of hydrogen-bond donors (Lipinski definition) is 2. The zero-order chi connectivity index (χ0) is 18.7. The minimum atomic E-state index is -0.150.